The Morgan fingerprint density at radius 2 is 2.06 bits per heavy atom. The standard InChI is InChI=1S/C14H15BrN2O/c1-9-3-5-12(8-17-9)18-14-7-11(15)4-6-13(14)10(2)16/h3-8,10H,16H2,1-2H3. The number of ether oxygens (including phenoxy) is 1. The molecule has 1 aromatic carbocycles. The van der Waals surface area contributed by atoms with E-state index in [1.807, 2.05) is 44.2 Å². The lowest BCUT2D eigenvalue weighted by Gasteiger charge is -2.14. The van der Waals surface area contributed by atoms with Crippen molar-refractivity contribution in [1.82, 2.24) is 4.98 Å². The molecule has 1 atom stereocenters. The van der Waals surface area contributed by atoms with Crippen molar-refractivity contribution in [2.75, 3.05) is 0 Å². The van der Waals surface area contributed by atoms with Gasteiger partial charge in [0.15, 0.2) is 0 Å². The van der Waals surface area contributed by atoms with Gasteiger partial charge in [0.25, 0.3) is 0 Å². The van der Waals surface area contributed by atoms with Crippen LogP contribution in [0.15, 0.2) is 41.0 Å². The number of pyridine rings is 1. The molecule has 2 N–H and O–H groups in total. The van der Waals surface area contributed by atoms with Gasteiger partial charge in [-0.3, -0.25) is 4.98 Å². The zero-order valence-electron chi connectivity index (χ0n) is 10.4. The summed E-state index contributed by atoms with van der Waals surface area (Å²) in [7, 11) is 0. The lowest BCUT2D eigenvalue weighted by Crippen LogP contribution is -2.06. The summed E-state index contributed by atoms with van der Waals surface area (Å²) in [5.41, 5.74) is 7.86. The van der Waals surface area contributed by atoms with Gasteiger partial charge < -0.3 is 10.5 Å². The highest BCUT2D eigenvalue weighted by Crippen LogP contribution is 2.31. The molecule has 94 valence electrons. The Hall–Kier alpha value is -1.39. The van der Waals surface area contributed by atoms with Gasteiger partial charge in [-0.25, -0.2) is 0 Å². The van der Waals surface area contributed by atoms with Gasteiger partial charge in [0.2, 0.25) is 0 Å². The lowest BCUT2D eigenvalue weighted by atomic mass is 10.1. The third-order valence-electron chi connectivity index (χ3n) is 2.58. The molecule has 1 heterocycles. The molecular weight excluding hydrogens is 292 g/mol. The molecule has 0 aliphatic carbocycles. The number of aromatic nitrogens is 1. The van der Waals surface area contributed by atoms with Crippen molar-refractivity contribution in [3.8, 4) is 11.5 Å². The molecule has 0 bridgehead atoms. The van der Waals surface area contributed by atoms with E-state index in [2.05, 4.69) is 20.9 Å². The molecular formula is C14H15BrN2O. The Morgan fingerprint density at radius 1 is 1.28 bits per heavy atom. The third kappa shape index (κ3) is 3.09. The fourth-order valence-corrected chi connectivity index (χ4v) is 1.95. The maximum atomic E-state index is 5.93. The Labute approximate surface area is 115 Å². The Bertz CT molecular complexity index is 538. The quantitative estimate of drug-likeness (QED) is 0.933. The first-order chi connectivity index (χ1) is 8.56. The van der Waals surface area contributed by atoms with E-state index in [9.17, 15) is 0 Å². The molecule has 2 aromatic rings. The summed E-state index contributed by atoms with van der Waals surface area (Å²) in [6.45, 7) is 3.87. The van der Waals surface area contributed by atoms with Crippen LogP contribution in [0.3, 0.4) is 0 Å². The summed E-state index contributed by atoms with van der Waals surface area (Å²) in [6, 6.07) is 9.57. The number of rotatable bonds is 3. The number of aryl methyl sites for hydroxylation is 1. The van der Waals surface area contributed by atoms with Gasteiger partial charge in [-0.05, 0) is 38.1 Å². The average molecular weight is 307 g/mol. The minimum Gasteiger partial charge on any atom is -0.455 e. The van der Waals surface area contributed by atoms with Crippen molar-refractivity contribution >= 4 is 15.9 Å². The second-order valence-electron chi connectivity index (χ2n) is 4.21. The van der Waals surface area contributed by atoms with Gasteiger partial charge in [-0.1, -0.05) is 22.0 Å². The monoisotopic (exact) mass is 306 g/mol. The van der Waals surface area contributed by atoms with Crippen LogP contribution in [0.1, 0.15) is 24.2 Å². The summed E-state index contributed by atoms with van der Waals surface area (Å²) in [5.74, 6) is 1.46. The fourth-order valence-electron chi connectivity index (χ4n) is 1.61. The van der Waals surface area contributed by atoms with Crippen LogP contribution >= 0.6 is 15.9 Å². The average Bonchev–Trinajstić information content (AvgIpc) is 2.32. The SMILES string of the molecule is Cc1ccc(Oc2cc(Br)ccc2C(C)N)cn1. The van der Waals surface area contributed by atoms with Gasteiger partial charge in [0.05, 0.1) is 6.20 Å². The minimum atomic E-state index is -0.0773. The van der Waals surface area contributed by atoms with Crippen molar-refractivity contribution < 1.29 is 4.74 Å². The molecule has 0 fully saturated rings. The van der Waals surface area contributed by atoms with Gasteiger partial charge in [-0.15, -0.1) is 0 Å². The molecule has 0 amide bonds. The van der Waals surface area contributed by atoms with Crippen molar-refractivity contribution in [3.05, 3.63) is 52.3 Å². The molecule has 1 unspecified atom stereocenters. The molecule has 3 nitrogen and oxygen atoms in total. The van der Waals surface area contributed by atoms with Crippen LogP contribution in [-0.2, 0) is 0 Å². The summed E-state index contributed by atoms with van der Waals surface area (Å²) in [6.07, 6.45) is 1.71. The normalized spacial score (nSPS) is 12.2. The van der Waals surface area contributed by atoms with Gasteiger partial charge in [0, 0.05) is 21.8 Å². The molecule has 0 saturated carbocycles. The molecule has 2 rings (SSSR count). The molecule has 1 aromatic heterocycles. The van der Waals surface area contributed by atoms with Crippen molar-refractivity contribution in [2.24, 2.45) is 5.73 Å². The fraction of sp³-hybridized carbons (Fsp3) is 0.214. The van der Waals surface area contributed by atoms with E-state index in [1.54, 1.807) is 6.20 Å². The van der Waals surface area contributed by atoms with Gasteiger partial charge in [-0.2, -0.15) is 0 Å². The van der Waals surface area contributed by atoms with Crippen molar-refractivity contribution in [3.63, 3.8) is 0 Å². The summed E-state index contributed by atoms with van der Waals surface area (Å²) >= 11 is 3.43. The van der Waals surface area contributed by atoms with E-state index < -0.39 is 0 Å². The van der Waals surface area contributed by atoms with Crippen molar-refractivity contribution in [2.45, 2.75) is 19.9 Å². The first-order valence-corrected chi connectivity index (χ1v) is 6.51. The lowest BCUT2D eigenvalue weighted by molar-refractivity contribution is 0.469. The highest BCUT2D eigenvalue weighted by atomic mass is 79.9. The molecule has 0 spiro atoms. The number of nitrogens with zero attached hydrogens (tertiary/aromatic N) is 1. The number of hydrogen-bond donors (Lipinski definition) is 1. The zero-order chi connectivity index (χ0) is 13.1. The number of hydrogen-bond acceptors (Lipinski definition) is 3. The van der Waals surface area contributed by atoms with Crippen LogP contribution < -0.4 is 10.5 Å². The Morgan fingerprint density at radius 3 is 2.67 bits per heavy atom. The van der Waals surface area contributed by atoms with Crippen molar-refractivity contribution in [1.29, 1.82) is 0 Å². The largest absolute Gasteiger partial charge is 0.455 e. The smallest absolute Gasteiger partial charge is 0.145 e. The first-order valence-electron chi connectivity index (χ1n) is 5.72. The van der Waals surface area contributed by atoms with Crippen LogP contribution in [0.2, 0.25) is 0 Å². The van der Waals surface area contributed by atoms with Gasteiger partial charge >= 0.3 is 0 Å². The zero-order valence-corrected chi connectivity index (χ0v) is 11.9. The van der Waals surface area contributed by atoms with E-state index in [0.29, 0.717) is 5.75 Å². The number of benzene rings is 1. The molecule has 0 aliphatic heterocycles. The highest BCUT2D eigenvalue weighted by molar-refractivity contribution is 9.10. The summed E-state index contributed by atoms with van der Waals surface area (Å²) in [4.78, 5) is 4.20. The number of nitrogens with two attached hydrogens (primary N) is 1. The van der Waals surface area contributed by atoms with Crippen LogP contribution in [0, 0.1) is 6.92 Å². The van der Waals surface area contributed by atoms with E-state index in [4.69, 9.17) is 10.5 Å². The number of halogens is 1. The van der Waals surface area contributed by atoms with Crippen LogP contribution in [0.5, 0.6) is 11.5 Å². The van der Waals surface area contributed by atoms with Crippen LogP contribution in [0.25, 0.3) is 0 Å². The predicted molar refractivity (Wildman–Crippen MR) is 75.8 cm³/mol. The Kier molecular flexibility index (Phi) is 3.99. The van der Waals surface area contributed by atoms with E-state index >= 15 is 0 Å². The van der Waals surface area contributed by atoms with Crippen LogP contribution in [0.4, 0.5) is 0 Å². The van der Waals surface area contributed by atoms with E-state index in [1.165, 1.54) is 0 Å². The van der Waals surface area contributed by atoms with Crippen LogP contribution in [-0.4, -0.2) is 4.98 Å². The highest BCUT2D eigenvalue weighted by Gasteiger charge is 2.09. The summed E-state index contributed by atoms with van der Waals surface area (Å²) in [5, 5.41) is 0. The molecule has 18 heavy (non-hydrogen) atoms. The topological polar surface area (TPSA) is 48.1 Å². The minimum absolute atomic E-state index is 0.0773. The van der Waals surface area contributed by atoms with E-state index in [0.717, 1.165) is 21.5 Å². The molecule has 0 aliphatic rings. The Balaban J connectivity index is 2.32. The first kappa shape index (κ1) is 13.1. The predicted octanol–water partition coefficient (Wildman–Crippen LogP) is 3.96. The second-order valence-corrected chi connectivity index (χ2v) is 5.12. The maximum Gasteiger partial charge on any atom is 0.145 e. The second kappa shape index (κ2) is 5.50. The van der Waals surface area contributed by atoms with E-state index in [-0.39, 0.29) is 6.04 Å². The molecule has 4 heteroatoms. The third-order valence-corrected chi connectivity index (χ3v) is 3.07. The maximum absolute atomic E-state index is 5.93. The molecule has 0 radical (unpaired) electrons. The summed E-state index contributed by atoms with van der Waals surface area (Å²) < 4.78 is 6.79. The van der Waals surface area contributed by atoms with Gasteiger partial charge in [0.1, 0.15) is 11.5 Å². The molecule has 0 saturated heterocycles.